The van der Waals surface area contributed by atoms with Crippen molar-refractivity contribution in [2.75, 3.05) is 0 Å². The molecule has 1 aromatic carbocycles. The number of oxime groups is 1. The molecule has 0 aliphatic carbocycles. The first-order chi connectivity index (χ1) is 6.74. The van der Waals surface area contributed by atoms with Crippen molar-refractivity contribution in [3.63, 3.8) is 0 Å². The number of benzene rings is 1. The number of allylic oxidation sites excluding steroid dienone is 1. The van der Waals surface area contributed by atoms with E-state index in [1.165, 1.54) is 0 Å². The van der Waals surface area contributed by atoms with E-state index >= 15 is 0 Å². The molecular weight excluding hydrogens is 174 g/mol. The molecule has 0 aliphatic rings. The monoisotopic (exact) mass is 189 g/mol. The first kappa shape index (κ1) is 10.5. The lowest BCUT2D eigenvalue weighted by Crippen LogP contribution is -2.02. The molecule has 1 N–H and O–H groups in total. The highest BCUT2D eigenvalue weighted by Gasteiger charge is 2.00. The molecule has 0 saturated carbocycles. The Morgan fingerprint density at radius 3 is 2.43 bits per heavy atom. The summed E-state index contributed by atoms with van der Waals surface area (Å²) in [6.45, 7) is 3.98. The molecule has 2 heteroatoms. The Kier molecular flexibility index (Phi) is 3.92. The maximum Gasteiger partial charge on any atom is 0.0821 e. The summed E-state index contributed by atoms with van der Waals surface area (Å²) in [6.07, 6.45) is 3.77. The van der Waals surface area contributed by atoms with Crippen LogP contribution in [0, 0.1) is 5.92 Å². The smallest absolute Gasteiger partial charge is 0.0821 e. The molecular formula is C12H15NO. The lowest BCUT2D eigenvalue weighted by Gasteiger charge is -2.01. The minimum absolute atomic E-state index is 0.236. The summed E-state index contributed by atoms with van der Waals surface area (Å²) in [5.41, 5.74) is 1.79. The third-order valence-corrected chi connectivity index (χ3v) is 1.95. The van der Waals surface area contributed by atoms with E-state index < -0.39 is 0 Å². The summed E-state index contributed by atoms with van der Waals surface area (Å²) in [5, 5.41) is 11.9. The standard InChI is InChI=1S/C12H15NO/c1-10(2)12(13-14)9-8-11-6-4-3-5-7-11/h3-10,14H,1-2H3/b9-8+,13-12-. The molecule has 1 rings (SSSR count). The van der Waals surface area contributed by atoms with E-state index in [1.54, 1.807) is 0 Å². The molecule has 0 heterocycles. The minimum Gasteiger partial charge on any atom is -0.411 e. The van der Waals surface area contributed by atoms with Crippen LogP contribution in [0.1, 0.15) is 19.4 Å². The second-order valence-electron chi connectivity index (χ2n) is 3.42. The normalized spacial score (nSPS) is 12.6. The number of hydrogen-bond acceptors (Lipinski definition) is 2. The highest BCUT2D eigenvalue weighted by molar-refractivity contribution is 5.99. The predicted molar refractivity (Wildman–Crippen MR) is 59.5 cm³/mol. The van der Waals surface area contributed by atoms with Crippen LogP contribution in [0.25, 0.3) is 6.08 Å². The summed E-state index contributed by atoms with van der Waals surface area (Å²) in [7, 11) is 0. The maximum atomic E-state index is 8.71. The Balaban J connectivity index is 2.73. The van der Waals surface area contributed by atoms with Crippen molar-refractivity contribution in [1.82, 2.24) is 0 Å². The first-order valence-electron chi connectivity index (χ1n) is 4.69. The lowest BCUT2D eigenvalue weighted by atomic mass is 10.1. The molecule has 0 spiro atoms. The molecule has 1 aromatic rings. The molecule has 0 bridgehead atoms. The third-order valence-electron chi connectivity index (χ3n) is 1.95. The van der Waals surface area contributed by atoms with Crippen LogP contribution in [-0.2, 0) is 0 Å². The minimum atomic E-state index is 0.236. The van der Waals surface area contributed by atoms with Crippen LogP contribution in [0.3, 0.4) is 0 Å². The van der Waals surface area contributed by atoms with Gasteiger partial charge in [0.2, 0.25) is 0 Å². The van der Waals surface area contributed by atoms with Gasteiger partial charge in [0.1, 0.15) is 0 Å². The average molecular weight is 189 g/mol. The van der Waals surface area contributed by atoms with Gasteiger partial charge in [-0.1, -0.05) is 55.4 Å². The SMILES string of the molecule is CC(C)C(/C=C/c1ccccc1)=N\O. The summed E-state index contributed by atoms with van der Waals surface area (Å²) in [6, 6.07) is 9.94. The first-order valence-corrected chi connectivity index (χ1v) is 4.69. The van der Waals surface area contributed by atoms with Crippen molar-refractivity contribution in [2.45, 2.75) is 13.8 Å². The molecule has 74 valence electrons. The van der Waals surface area contributed by atoms with Gasteiger partial charge in [0.15, 0.2) is 0 Å². The quantitative estimate of drug-likeness (QED) is 0.442. The Hall–Kier alpha value is -1.57. The van der Waals surface area contributed by atoms with Gasteiger partial charge in [-0.25, -0.2) is 0 Å². The fourth-order valence-corrected chi connectivity index (χ4v) is 1.09. The Morgan fingerprint density at radius 2 is 1.93 bits per heavy atom. The van der Waals surface area contributed by atoms with Crippen molar-refractivity contribution in [2.24, 2.45) is 11.1 Å². The van der Waals surface area contributed by atoms with Crippen LogP contribution in [0.4, 0.5) is 0 Å². The van der Waals surface area contributed by atoms with Gasteiger partial charge in [-0.05, 0) is 17.6 Å². The molecule has 2 nitrogen and oxygen atoms in total. The molecule has 0 aromatic heterocycles. The van der Waals surface area contributed by atoms with Crippen LogP contribution in [0.15, 0.2) is 41.6 Å². The van der Waals surface area contributed by atoms with Crippen LogP contribution < -0.4 is 0 Å². The average Bonchev–Trinajstić information content (AvgIpc) is 2.20. The fourth-order valence-electron chi connectivity index (χ4n) is 1.09. The van der Waals surface area contributed by atoms with Crippen LogP contribution in [0.2, 0.25) is 0 Å². The third kappa shape index (κ3) is 3.05. The van der Waals surface area contributed by atoms with Crippen LogP contribution in [0.5, 0.6) is 0 Å². The zero-order chi connectivity index (χ0) is 10.4. The van der Waals surface area contributed by atoms with E-state index in [9.17, 15) is 0 Å². The van der Waals surface area contributed by atoms with E-state index in [0.717, 1.165) is 5.56 Å². The molecule has 0 unspecified atom stereocenters. The molecule has 0 saturated heterocycles. The van der Waals surface area contributed by atoms with Crippen molar-refractivity contribution >= 4 is 11.8 Å². The summed E-state index contributed by atoms with van der Waals surface area (Å²) >= 11 is 0. The van der Waals surface area contributed by atoms with E-state index in [-0.39, 0.29) is 5.92 Å². The number of hydrogen-bond donors (Lipinski definition) is 1. The maximum absolute atomic E-state index is 8.71. The lowest BCUT2D eigenvalue weighted by molar-refractivity contribution is 0.316. The largest absolute Gasteiger partial charge is 0.411 e. The highest BCUT2D eigenvalue weighted by atomic mass is 16.4. The van der Waals surface area contributed by atoms with Gasteiger partial charge in [0.25, 0.3) is 0 Å². The van der Waals surface area contributed by atoms with Gasteiger partial charge in [-0.3, -0.25) is 0 Å². The Labute approximate surface area is 84.6 Å². The topological polar surface area (TPSA) is 32.6 Å². The molecule has 0 fully saturated rings. The van der Waals surface area contributed by atoms with Gasteiger partial charge in [0.05, 0.1) is 5.71 Å². The Bertz CT molecular complexity index is 325. The fraction of sp³-hybridized carbons (Fsp3) is 0.250. The van der Waals surface area contributed by atoms with E-state index in [4.69, 9.17) is 5.21 Å². The summed E-state index contributed by atoms with van der Waals surface area (Å²) < 4.78 is 0. The molecule has 0 aliphatic heterocycles. The summed E-state index contributed by atoms with van der Waals surface area (Å²) in [4.78, 5) is 0. The van der Waals surface area contributed by atoms with E-state index in [1.807, 2.05) is 56.3 Å². The number of rotatable bonds is 3. The summed E-state index contributed by atoms with van der Waals surface area (Å²) in [5.74, 6) is 0.236. The molecule has 14 heavy (non-hydrogen) atoms. The van der Waals surface area contributed by atoms with Gasteiger partial charge in [-0.2, -0.15) is 0 Å². The van der Waals surface area contributed by atoms with Crippen molar-refractivity contribution in [3.05, 3.63) is 42.0 Å². The van der Waals surface area contributed by atoms with Crippen molar-refractivity contribution in [1.29, 1.82) is 0 Å². The zero-order valence-electron chi connectivity index (χ0n) is 8.51. The van der Waals surface area contributed by atoms with E-state index in [0.29, 0.717) is 5.71 Å². The second-order valence-corrected chi connectivity index (χ2v) is 3.42. The van der Waals surface area contributed by atoms with Crippen LogP contribution >= 0.6 is 0 Å². The molecule has 0 radical (unpaired) electrons. The van der Waals surface area contributed by atoms with Gasteiger partial charge < -0.3 is 5.21 Å². The number of nitrogens with zero attached hydrogens (tertiary/aromatic N) is 1. The van der Waals surface area contributed by atoms with Gasteiger partial charge in [0, 0.05) is 0 Å². The second kappa shape index (κ2) is 5.22. The highest BCUT2D eigenvalue weighted by Crippen LogP contribution is 2.04. The van der Waals surface area contributed by atoms with Crippen molar-refractivity contribution < 1.29 is 5.21 Å². The Morgan fingerprint density at radius 1 is 1.29 bits per heavy atom. The van der Waals surface area contributed by atoms with Gasteiger partial charge >= 0.3 is 0 Å². The van der Waals surface area contributed by atoms with Crippen molar-refractivity contribution in [3.8, 4) is 0 Å². The zero-order valence-corrected chi connectivity index (χ0v) is 8.51. The van der Waals surface area contributed by atoms with Gasteiger partial charge in [-0.15, -0.1) is 0 Å². The molecule has 0 amide bonds. The predicted octanol–water partition coefficient (Wildman–Crippen LogP) is 3.19. The van der Waals surface area contributed by atoms with E-state index in [2.05, 4.69) is 5.16 Å². The van der Waals surface area contributed by atoms with Crippen LogP contribution in [-0.4, -0.2) is 10.9 Å². The molecule has 0 atom stereocenters.